The highest BCUT2D eigenvalue weighted by Crippen LogP contribution is 2.10. The van der Waals surface area contributed by atoms with E-state index in [0.29, 0.717) is 12.5 Å². The Balaban J connectivity index is 4.04. The van der Waals surface area contributed by atoms with Crippen LogP contribution in [0.3, 0.4) is 0 Å². The van der Waals surface area contributed by atoms with Gasteiger partial charge >= 0.3 is 6.09 Å². The van der Waals surface area contributed by atoms with Crippen LogP contribution in [0.15, 0.2) is 0 Å². The highest BCUT2D eigenvalue weighted by Gasteiger charge is 2.16. The van der Waals surface area contributed by atoms with Crippen molar-refractivity contribution in [1.82, 2.24) is 4.90 Å². The van der Waals surface area contributed by atoms with Gasteiger partial charge in [-0.1, -0.05) is 26.7 Å². The Morgan fingerprint density at radius 3 is 2.33 bits per heavy atom. The molecule has 0 aliphatic rings. The van der Waals surface area contributed by atoms with Gasteiger partial charge < -0.3 is 14.7 Å². The van der Waals surface area contributed by atoms with E-state index in [9.17, 15) is 4.79 Å². The number of aliphatic hydroxyl groups is 1. The predicted molar refractivity (Wildman–Crippen MR) is 59.8 cm³/mol. The zero-order chi connectivity index (χ0) is 11.7. The summed E-state index contributed by atoms with van der Waals surface area (Å²) in [4.78, 5) is 13.2. The normalized spacial score (nSPS) is 10.5. The molecule has 0 aromatic heterocycles. The third kappa shape index (κ3) is 5.62. The monoisotopic (exact) mass is 217 g/mol. The molecule has 0 aliphatic carbocycles. The molecule has 0 radical (unpaired) electrons. The van der Waals surface area contributed by atoms with E-state index in [4.69, 9.17) is 9.84 Å². The first kappa shape index (κ1) is 14.2. The van der Waals surface area contributed by atoms with Gasteiger partial charge in [-0.25, -0.2) is 4.79 Å². The number of rotatable bonds is 7. The lowest BCUT2D eigenvalue weighted by Gasteiger charge is -2.24. The Bertz CT molecular complexity index is 169. The molecule has 0 aliphatic heterocycles. The van der Waals surface area contributed by atoms with E-state index >= 15 is 0 Å². The van der Waals surface area contributed by atoms with E-state index in [1.54, 1.807) is 4.90 Å². The Kier molecular flexibility index (Phi) is 8.09. The van der Waals surface area contributed by atoms with Crippen molar-refractivity contribution in [2.45, 2.75) is 33.6 Å². The largest absolute Gasteiger partial charge is 0.447 e. The molecule has 0 saturated heterocycles. The fourth-order valence-corrected chi connectivity index (χ4v) is 1.42. The average molecular weight is 217 g/mol. The molecule has 4 heteroatoms. The highest BCUT2D eigenvalue weighted by atomic mass is 16.6. The van der Waals surface area contributed by atoms with Gasteiger partial charge in [0.1, 0.15) is 6.61 Å². The summed E-state index contributed by atoms with van der Waals surface area (Å²) in [6.45, 7) is 7.55. The number of hydrogen-bond acceptors (Lipinski definition) is 3. The fraction of sp³-hybridized carbons (Fsp3) is 0.909. The Hall–Kier alpha value is -0.770. The maximum Gasteiger partial charge on any atom is 0.409 e. The third-order valence-electron chi connectivity index (χ3n) is 2.59. The lowest BCUT2D eigenvalue weighted by Crippen LogP contribution is -2.36. The van der Waals surface area contributed by atoms with Crippen LogP contribution in [0.2, 0.25) is 0 Å². The van der Waals surface area contributed by atoms with Crippen molar-refractivity contribution in [3.05, 3.63) is 0 Å². The summed E-state index contributed by atoms with van der Waals surface area (Å²) in [5, 5.41) is 8.55. The van der Waals surface area contributed by atoms with E-state index in [1.807, 2.05) is 6.92 Å². The van der Waals surface area contributed by atoms with Crippen molar-refractivity contribution < 1.29 is 14.6 Å². The highest BCUT2D eigenvalue weighted by molar-refractivity contribution is 5.67. The van der Waals surface area contributed by atoms with Crippen LogP contribution in [0.25, 0.3) is 0 Å². The second kappa shape index (κ2) is 8.53. The van der Waals surface area contributed by atoms with E-state index in [2.05, 4.69) is 13.8 Å². The van der Waals surface area contributed by atoms with E-state index < -0.39 is 0 Å². The van der Waals surface area contributed by atoms with Gasteiger partial charge in [0.15, 0.2) is 0 Å². The topological polar surface area (TPSA) is 49.8 Å². The number of aliphatic hydroxyl groups excluding tert-OH is 1. The minimum absolute atomic E-state index is 0.0816. The Morgan fingerprint density at radius 2 is 1.93 bits per heavy atom. The zero-order valence-electron chi connectivity index (χ0n) is 10.0. The van der Waals surface area contributed by atoms with Crippen molar-refractivity contribution >= 4 is 6.09 Å². The van der Waals surface area contributed by atoms with Gasteiger partial charge in [0.05, 0.1) is 6.61 Å². The van der Waals surface area contributed by atoms with Crippen LogP contribution >= 0.6 is 0 Å². The minimum atomic E-state index is -0.321. The van der Waals surface area contributed by atoms with Gasteiger partial charge in [-0.05, 0) is 12.8 Å². The molecule has 1 N–H and O–H groups in total. The molecule has 15 heavy (non-hydrogen) atoms. The standard InChI is InChI=1S/C11H23NO3/c1-4-10(5-2)9-12(6-3)11(14)15-8-7-13/h10,13H,4-9H2,1-3H3. The second-order valence-corrected chi connectivity index (χ2v) is 3.56. The lowest BCUT2D eigenvalue weighted by atomic mass is 10.0. The molecule has 0 spiro atoms. The van der Waals surface area contributed by atoms with Gasteiger partial charge in [-0.2, -0.15) is 0 Å². The summed E-state index contributed by atoms with van der Waals surface area (Å²) in [5.41, 5.74) is 0. The lowest BCUT2D eigenvalue weighted by molar-refractivity contribution is 0.0805. The van der Waals surface area contributed by atoms with Crippen LogP contribution < -0.4 is 0 Å². The molecule has 0 aromatic carbocycles. The van der Waals surface area contributed by atoms with Crippen molar-refractivity contribution in [3.63, 3.8) is 0 Å². The van der Waals surface area contributed by atoms with Crippen LogP contribution in [0.1, 0.15) is 33.6 Å². The summed E-state index contributed by atoms with van der Waals surface area (Å²) in [6.07, 6.45) is 1.82. The summed E-state index contributed by atoms with van der Waals surface area (Å²) in [6, 6.07) is 0. The van der Waals surface area contributed by atoms with Crippen LogP contribution in [-0.2, 0) is 4.74 Å². The fourth-order valence-electron chi connectivity index (χ4n) is 1.42. The molecule has 0 aromatic rings. The molecule has 0 saturated carbocycles. The van der Waals surface area contributed by atoms with E-state index in [-0.39, 0.29) is 19.3 Å². The number of nitrogens with zero attached hydrogens (tertiary/aromatic N) is 1. The summed E-state index contributed by atoms with van der Waals surface area (Å²) in [7, 11) is 0. The first-order chi connectivity index (χ1) is 7.19. The van der Waals surface area contributed by atoms with Crippen LogP contribution in [0.4, 0.5) is 4.79 Å². The third-order valence-corrected chi connectivity index (χ3v) is 2.59. The van der Waals surface area contributed by atoms with Gasteiger partial charge in [-0.3, -0.25) is 0 Å². The van der Waals surface area contributed by atoms with Gasteiger partial charge in [0, 0.05) is 13.1 Å². The van der Waals surface area contributed by atoms with Crippen molar-refractivity contribution in [1.29, 1.82) is 0 Å². The first-order valence-corrected chi connectivity index (χ1v) is 5.72. The Labute approximate surface area is 92.2 Å². The summed E-state index contributed by atoms with van der Waals surface area (Å²) >= 11 is 0. The molecule has 90 valence electrons. The number of carbonyl (C=O) groups is 1. The first-order valence-electron chi connectivity index (χ1n) is 5.72. The molecule has 0 bridgehead atoms. The molecule has 0 fully saturated rings. The molecule has 0 unspecified atom stereocenters. The van der Waals surface area contributed by atoms with Crippen molar-refractivity contribution in [2.75, 3.05) is 26.3 Å². The van der Waals surface area contributed by atoms with Crippen molar-refractivity contribution in [3.8, 4) is 0 Å². The zero-order valence-corrected chi connectivity index (χ0v) is 10.0. The maximum atomic E-state index is 11.5. The molecule has 0 atom stereocenters. The van der Waals surface area contributed by atoms with Gasteiger partial charge in [0.25, 0.3) is 0 Å². The van der Waals surface area contributed by atoms with Gasteiger partial charge in [-0.15, -0.1) is 0 Å². The van der Waals surface area contributed by atoms with E-state index in [0.717, 1.165) is 19.4 Å². The molecular formula is C11H23NO3. The molecule has 0 rings (SSSR count). The van der Waals surface area contributed by atoms with Crippen molar-refractivity contribution in [2.24, 2.45) is 5.92 Å². The number of amides is 1. The maximum absolute atomic E-state index is 11.5. The number of hydrogen-bond donors (Lipinski definition) is 1. The predicted octanol–water partition coefficient (Wildman–Crippen LogP) is 1.87. The van der Waals surface area contributed by atoms with Crippen LogP contribution in [-0.4, -0.2) is 42.4 Å². The molecule has 1 amide bonds. The molecule has 0 heterocycles. The summed E-state index contributed by atoms with van der Waals surface area (Å²) in [5.74, 6) is 0.534. The molecular weight excluding hydrogens is 194 g/mol. The van der Waals surface area contributed by atoms with Gasteiger partial charge in [0.2, 0.25) is 0 Å². The Morgan fingerprint density at radius 1 is 1.33 bits per heavy atom. The number of ether oxygens (including phenoxy) is 1. The summed E-state index contributed by atoms with van der Waals surface area (Å²) < 4.78 is 4.87. The SMILES string of the molecule is CCC(CC)CN(CC)C(=O)OCCO. The van der Waals surface area contributed by atoms with Crippen LogP contribution in [0.5, 0.6) is 0 Å². The quantitative estimate of drug-likeness (QED) is 0.708. The molecule has 4 nitrogen and oxygen atoms in total. The average Bonchev–Trinajstić information content (AvgIpc) is 2.27. The smallest absolute Gasteiger partial charge is 0.409 e. The number of carbonyl (C=O) groups excluding carboxylic acids is 1. The van der Waals surface area contributed by atoms with Crippen LogP contribution in [0, 0.1) is 5.92 Å². The second-order valence-electron chi connectivity index (χ2n) is 3.56. The van der Waals surface area contributed by atoms with E-state index in [1.165, 1.54) is 0 Å². The minimum Gasteiger partial charge on any atom is -0.447 e.